The molecule has 0 fully saturated rings. The second-order valence-electron chi connectivity index (χ2n) is 1.09. The average molecular weight is 182 g/mol. The summed E-state index contributed by atoms with van der Waals surface area (Å²) in [6.07, 6.45) is -5.21. The van der Waals surface area contributed by atoms with Gasteiger partial charge < -0.3 is 9.79 Å². The van der Waals surface area contributed by atoms with Crippen molar-refractivity contribution in [2.45, 2.75) is 6.36 Å². The van der Waals surface area contributed by atoms with Crippen LogP contribution in [0.1, 0.15) is 0 Å². The summed E-state index contributed by atoms with van der Waals surface area (Å²) < 4.78 is 44.8. The first kappa shape index (κ1) is 9.86. The van der Waals surface area contributed by atoms with E-state index < -0.39 is 14.2 Å². The second-order valence-corrected chi connectivity index (χ2v) is 2.22. The molecule has 0 heterocycles. The maximum Gasteiger partial charge on any atom is 0.550 e. The van der Waals surface area contributed by atoms with E-state index in [1.165, 1.54) is 0 Å². The number of alkyl halides is 3. The molecule has 2 N–H and O–H groups in total. The molecule has 0 aliphatic rings. The summed E-state index contributed by atoms with van der Waals surface area (Å²) in [6.45, 7) is 0. The predicted octanol–water partition coefficient (Wildman–Crippen LogP) is 0.547. The Morgan fingerprint density at radius 3 is 1.80 bits per heavy atom. The highest BCUT2D eigenvalue weighted by atomic mass is 31.2. The van der Waals surface area contributed by atoms with E-state index in [2.05, 4.69) is 9.56 Å². The van der Waals surface area contributed by atoms with Crippen LogP contribution in [0.2, 0.25) is 0 Å². The summed E-state index contributed by atoms with van der Waals surface area (Å²) in [5.41, 5.74) is 0. The quantitative estimate of drug-likeness (QED) is 0.370. The number of halogens is 3. The van der Waals surface area contributed by atoms with Crippen LogP contribution in [-0.2, 0) is 14.1 Å². The molecule has 0 aliphatic heterocycles. The topological polar surface area (TPSA) is 76.0 Å². The molecule has 0 aromatic heterocycles. The number of rotatable bonds is 2. The minimum Gasteiger partial charge on any atom is -0.301 e. The monoisotopic (exact) mass is 182 g/mol. The molecule has 0 saturated heterocycles. The lowest BCUT2D eigenvalue weighted by molar-refractivity contribution is -0.450. The van der Waals surface area contributed by atoms with E-state index in [0.717, 1.165) is 0 Å². The van der Waals surface area contributed by atoms with E-state index in [-0.39, 0.29) is 0 Å². The first-order valence-electron chi connectivity index (χ1n) is 1.70. The molecule has 0 bridgehead atoms. The minimum absolute atomic E-state index is 2.33. The third-order valence-corrected chi connectivity index (χ3v) is 0.498. The maximum atomic E-state index is 10.9. The van der Waals surface area contributed by atoms with Gasteiger partial charge in [0.1, 0.15) is 0 Å². The van der Waals surface area contributed by atoms with Gasteiger partial charge in [-0.15, -0.1) is 22.7 Å². The van der Waals surface area contributed by atoms with Crippen molar-refractivity contribution in [1.29, 1.82) is 0 Å². The summed E-state index contributed by atoms with van der Waals surface area (Å²) in [6, 6.07) is 0. The number of phosphoric acid groups is 1. The molecule has 0 rings (SSSR count). The van der Waals surface area contributed by atoms with Gasteiger partial charge in [0.15, 0.2) is 0 Å². The predicted molar refractivity (Wildman–Crippen MR) is 20.3 cm³/mol. The van der Waals surface area contributed by atoms with Crippen LogP contribution in [0.4, 0.5) is 13.2 Å². The molecule has 0 radical (unpaired) electrons. The van der Waals surface area contributed by atoms with E-state index in [1.54, 1.807) is 0 Å². The third-order valence-electron chi connectivity index (χ3n) is 0.229. The van der Waals surface area contributed by atoms with Crippen LogP contribution in [-0.4, -0.2) is 16.1 Å². The van der Waals surface area contributed by atoms with E-state index in [4.69, 9.17) is 9.79 Å². The summed E-state index contributed by atoms with van der Waals surface area (Å²) >= 11 is 0. The van der Waals surface area contributed by atoms with Gasteiger partial charge in [0.05, 0.1) is 0 Å². The van der Waals surface area contributed by atoms with Gasteiger partial charge in [-0.25, -0.2) is 4.57 Å². The van der Waals surface area contributed by atoms with Crippen molar-refractivity contribution in [3.63, 3.8) is 0 Å². The molecule has 0 saturated carbocycles. The zero-order valence-corrected chi connectivity index (χ0v) is 5.09. The largest absolute Gasteiger partial charge is 0.550 e. The van der Waals surface area contributed by atoms with Crippen LogP contribution in [0, 0.1) is 0 Å². The lowest BCUT2D eigenvalue weighted by Gasteiger charge is -2.05. The molecule has 62 valence electrons. The lowest BCUT2D eigenvalue weighted by atomic mass is 11.4. The highest BCUT2D eigenvalue weighted by Gasteiger charge is 2.35. The summed E-state index contributed by atoms with van der Waals surface area (Å²) in [5.74, 6) is 0. The molecule has 0 aromatic rings. The molecule has 0 aliphatic carbocycles. The van der Waals surface area contributed by atoms with Crippen LogP contribution in [0.25, 0.3) is 0 Å². The van der Waals surface area contributed by atoms with Gasteiger partial charge in [0.2, 0.25) is 0 Å². The van der Waals surface area contributed by atoms with Gasteiger partial charge in [-0.1, -0.05) is 0 Å². The Kier molecular flexibility index (Phi) is 2.81. The first-order valence-corrected chi connectivity index (χ1v) is 3.23. The molecule has 10 heavy (non-hydrogen) atoms. The van der Waals surface area contributed by atoms with Gasteiger partial charge >= 0.3 is 14.2 Å². The summed E-state index contributed by atoms with van der Waals surface area (Å²) in [4.78, 5) is 17.6. The Balaban J connectivity index is 3.67. The van der Waals surface area contributed by atoms with Crippen molar-refractivity contribution in [2.75, 3.05) is 0 Å². The number of hydrogen-bond acceptors (Lipinski definition) is 3. The van der Waals surface area contributed by atoms with Crippen molar-refractivity contribution < 1.29 is 37.1 Å². The Hall–Kier alpha value is -0.140. The van der Waals surface area contributed by atoms with E-state index in [0.29, 0.717) is 0 Å². The normalized spacial score (nSPS) is 13.7. The molecule has 5 nitrogen and oxygen atoms in total. The molecule has 0 spiro atoms. The van der Waals surface area contributed by atoms with Gasteiger partial charge in [-0.3, -0.25) is 0 Å². The zero-order valence-electron chi connectivity index (χ0n) is 4.20. The fourth-order valence-corrected chi connectivity index (χ4v) is 0.272. The van der Waals surface area contributed by atoms with Gasteiger partial charge in [0.25, 0.3) is 0 Å². The minimum atomic E-state index is -5.21. The lowest BCUT2D eigenvalue weighted by Crippen LogP contribution is -2.12. The smallest absolute Gasteiger partial charge is 0.301 e. The highest BCUT2D eigenvalue weighted by Crippen LogP contribution is 2.38. The fourth-order valence-electron chi connectivity index (χ4n) is 0.0908. The van der Waals surface area contributed by atoms with Crippen LogP contribution in [0.15, 0.2) is 0 Å². The van der Waals surface area contributed by atoms with Crippen LogP contribution in [0.3, 0.4) is 0 Å². The molecule has 0 atom stereocenters. The van der Waals surface area contributed by atoms with Crippen LogP contribution in [0.5, 0.6) is 0 Å². The second kappa shape index (κ2) is 2.85. The molecule has 0 aromatic carbocycles. The summed E-state index contributed by atoms with van der Waals surface area (Å²) in [7, 11) is -5.20. The Morgan fingerprint density at radius 1 is 1.30 bits per heavy atom. The number of hydrogen-bond donors (Lipinski definition) is 2. The average Bonchev–Trinajstić information content (AvgIpc) is 1.57. The van der Waals surface area contributed by atoms with Crippen molar-refractivity contribution in [3.8, 4) is 0 Å². The summed E-state index contributed by atoms with van der Waals surface area (Å²) in [5, 5.41) is 0. The molecule has 9 heteroatoms. The molecule has 0 amide bonds. The van der Waals surface area contributed by atoms with Gasteiger partial charge in [-0.2, -0.15) is 0 Å². The van der Waals surface area contributed by atoms with E-state index >= 15 is 0 Å². The standard InChI is InChI=1S/CH2F3O5P/c2-1(3,4)8-9-10(5,6)7/h(H2,5,6,7). The highest BCUT2D eigenvalue weighted by molar-refractivity contribution is 7.46. The Morgan fingerprint density at radius 2 is 1.70 bits per heavy atom. The molecular formula is CH2F3O5P. The molecular weight excluding hydrogens is 180 g/mol. The Bertz CT molecular complexity index is 145. The van der Waals surface area contributed by atoms with Crippen molar-refractivity contribution in [1.82, 2.24) is 0 Å². The molecule has 0 unspecified atom stereocenters. The Labute approximate surface area is 52.5 Å². The van der Waals surface area contributed by atoms with Crippen LogP contribution < -0.4 is 0 Å². The van der Waals surface area contributed by atoms with Gasteiger partial charge in [-0.05, 0) is 0 Å². The SMILES string of the molecule is O=P(O)(O)OOC(F)(F)F. The van der Waals surface area contributed by atoms with Crippen molar-refractivity contribution in [2.24, 2.45) is 0 Å². The van der Waals surface area contributed by atoms with Crippen molar-refractivity contribution in [3.05, 3.63) is 0 Å². The van der Waals surface area contributed by atoms with Crippen LogP contribution >= 0.6 is 7.82 Å². The van der Waals surface area contributed by atoms with E-state index in [1.807, 2.05) is 0 Å². The maximum absolute atomic E-state index is 10.9. The first-order chi connectivity index (χ1) is 4.21. The fraction of sp³-hybridized carbons (Fsp3) is 1.00. The van der Waals surface area contributed by atoms with Gasteiger partial charge in [0, 0.05) is 0 Å². The van der Waals surface area contributed by atoms with E-state index in [9.17, 15) is 17.7 Å². The zero-order chi connectivity index (χ0) is 8.41. The third kappa shape index (κ3) is 7.86. The van der Waals surface area contributed by atoms with Crippen molar-refractivity contribution >= 4 is 7.82 Å².